The molecule has 0 saturated carbocycles. The van der Waals surface area contributed by atoms with E-state index in [1.165, 1.54) is 122 Å². The van der Waals surface area contributed by atoms with E-state index in [2.05, 4.69) is 26.0 Å². The lowest BCUT2D eigenvalue weighted by atomic mass is 10.0. The Kier molecular flexibility index (Phi) is 35.1. The van der Waals surface area contributed by atoms with Crippen LogP contribution in [0.5, 0.6) is 0 Å². The van der Waals surface area contributed by atoms with Crippen LogP contribution < -0.4 is 4.89 Å². The van der Waals surface area contributed by atoms with E-state index in [0.29, 0.717) is 17.4 Å². The number of ether oxygens (including phenoxy) is 2. The van der Waals surface area contributed by atoms with Gasteiger partial charge >= 0.3 is 11.9 Å². The van der Waals surface area contributed by atoms with E-state index in [-0.39, 0.29) is 26.1 Å². The minimum absolute atomic E-state index is 0.0381. The molecule has 53 heavy (non-hydrogen) atoms. The molecule has 2 atom stereocenters. The summed E-state index contributed by atoms with van der Waals surface area (Å²) in [6, 6.07) is 0. The molecular weight excluding hydrogens is 689 g/mol. The summed E-state index contributed by atoms with van der Waals surface area (Å²) < 4.78 is 33.8. The van der Waals surface area contributed by atoms with Gasteiger partial charge in [-0.1, -0.05) is 167 Å². The number of phosphoric acid groups is 1. The first kappa shape index (κ1) is 51.5. The maximum atomic E-state index is 12.6. The van der Waals surface area contributed by atoms with Gasteiger partial charge in [0.2, 0.25) is 0 Å². The number of carbonyl (C=O) groups is 2. The molecule has 0 amide bonds. The number of nitrogens with zero attached hydrogens (tertiary/aromatic N) is 1. The van der Waals surface area contributed by atoms with E-state index in [4.69, 9.17) is 18.5 Å². The molecule has 0 aliphatic carbocycles. The fraction of sp³-hybridized carbons (Fsp3) is 0.860. The SMILES string of the molecule is CCCCCCCCCC/C=C\C/C=C\CCC(=O)OC(COC(=O)CCCCCCCCCCCCCCCC)COP(=O)([O-])OCC[N+](C)(C)C. The molecular formula is C43H82NO8P. The molecule has 0 rings (SSSR count). The van der Waals surface area contributed by atoms with Crippen LogP contribution in [0.3, 0.4) is 0 Å². The van der Waals surface area contributed by atoms with Crippen molar-refractivity contribution in [3.05, 3.63) is 24.3 Å². The summed E-state index contributed by atoms with van der Waals surface area (Å²) in [5.74, 6) is -0.906. The van der Waals surface area contributed by atoms with E-state index in [1.54, 1.807) is 0 Å². The number of allylic oxidation sites excluding steroid dienone is 4. The standard InChI is InChI=1S/C43H82NO8P/c1-6-8-10-12-14-16-18-20-22-24-26-28-30-32-34-36-43(46)52-41(40-51-53(47,48)50-38-37-44(3,4)5)39-49-42(45)35-33-31-29-27-25-23-21-19-17-15-13-11-9-7-2/h24,26,30,32,41H,6-23,25,27-29,31,33-40H2,1-5H3/b26-24-,32-30-. The molecule has 0 spiro atoms. The molecule has 0 N–H and O–H groups in total. The van der Waals surface area contributed by atoms with Crippen LogP contribution >= 0.6 is 7.82 Å². The highest BCUT2D eigenvalue weighted by atomic mass is 31.2. The summed E-state index contributed by atoms with van der Waals surface area (Å²) in [7, 11) is 1.14. The fourth-order valence-electron chi connectivity index (χ4n) is 5.83. The molecule has 0 radical (unpaired) electrons. The van der Waals surface area contributed by atoms with E-state index in [1.807, 2.05) is 33.3 Å². The number of phosphoric ester groups is 1. The zero-order valence-corrected chi connectivity index (χ0v) is 35.9. The van der Waals surface area contributed by atoms with Gasteiger partial charge in [0.15, 0.2) is 6.10 Å². The second kappa shape index (κ2) is 36.1. The van der Waals surface area contributed by atoms with Gasteiger partial charge in [0.05, 0.1) is 27.7 Å². The molecule has 2 unspecified atom stereocenters. The Labute approximate surface area is 326 Å². The molecule has 0 heterocycles. The Balaban J connectivity index is 4.44. The molecule has 0 aromatic carbocycles. The predicted molar refractivity (Wildman–Crippen MR) is 218 cm³/mol. The minimum atomic E-state index is -4.63. The van der Waals surface area contributed by atoms with Crippen LogP contribution in [0.25, 0.3) is 0 Å². The van der Waals surface area contributed by atoms with Gasteiger partial charge in [0, 0.05) is 12.8 Å². The number of esters is 2. The van der Waals surface area contributed by atoms with Crippen LogP contribution in [-0.4, -0.2) is 70.0 Å². The summed E-state index contributed by atoms with van der Waals surface area (Å²) in [5.41, 5.74) is 0. The molecule has 0 saturated heterocycles. The predicted octanol–water partition coefficient (Wildman–Crippen LogP) is 11.3. The Bertz CT molecular complexity index is 964. The number of carbonyl (C=O) groups excluding carboxylic acids is 2. The number of quaternary nitrogens is 1. The number of hydrogen-bond acceptors (Lipinski definition) is 8. The molecule has 0 bridgehead atoms. The number of likely N-dealkylation sites (N-methyl/N-ethyl adjacent to an activating group) is 1. The highest BCUT2D eigenvalue weighted by molar-refractivity contribution is 7.45. The van der Waals surface area contributed by atoms with Crippen LogP contribution in [0.15, 0.2) is 24.3 Å². The van der Waals surface area contributed by atoms with Gasteiger partial charge in [-0.05, 0) is 32.1 Å². The molecule has 0 aromatic rings. The number of unbranched alkanes of at least 4 members (excludes halogenated alkanes) is 21. The Morgan fingerprint density at radius 1 is 0.585 bits per heavy atom. The quantitative estimate of drug-likeness (QED) is 0.0200. The fourth-order valence-corrected chi connectivity index (χ4v) is 6.55. The minimum Gasteiger partial charge on any atom is -0.756 e. The average Bonchev–Trinajstić information content (AvgIpc) is 3.10. The largest absolute Gasteiger partial charge is 0.756 e. The molecule has 0 aromatic heterocycles. The summed E-state index contributed by atoms with van der Waals surface area (Å²) in [4.78, 5) is 37.4. The molecule has 0 aliphatic rings. The van der Waals surface area contributed by atoms with Crippen LogP contribution in [0.2, 0.25) is 0 Å². The smallest absolute Gasteiger partial charge is 0.306 e. The van der Waals surface area contributed by atoms with Gasteiger partial charge in [-0.2, -0.15) is 0 Å². The van der Waals surface area contributed by atoms with Gasteiger partial charge in [0.1, 0.15) is 19.8 Å². The van der Waals surface area contributed by atoms with Gasteiger partial charge in [-0.3, -0.25) is 14.2 Å². The van der Waals surface area contributed by atoms with Crippen molar-refractivity contribution in [1.82, 2.24) is 0 Å². The second-order valence-corrected chi connectivity index (χ2v) is 17.1. The highest BCUT2D eigenvalue weighted by Gasteiger charge is 2.21. The second-order valence-electron chi connectivity index (χ2n) is 15.7. The van der Waals surface area contributed by atoms with Gasteiger partial charge in [-0.25, -0.2) is 0 Å². The lowest BCUT2D eigenvalue weighted by molar-refractivity contribution is -0.870. The normalized spacial score (nSPS) is 13.8. The van der Waals surface area contributed by atoms with Crippen molar-refractivity contribution in [3.8, 4) is 0 Å². The van der Waals surface area contributed by atoms with Crippen LogP contribution in [0.4, 0.5) is 0 Å². The summed E-state index contributed by atoms with van der Waals surface area (Å²) >= 11 is 0. The maximum Gasteiger partial charge on any atom is 0.306 e. The maximum absolute atomic E-state index is 12.6. The van der Waals surface area contributed by atoms with Gasteiger partial charge in [0.25, 0.3) is 7.82 Å². The van der Waals surface area contributed by atoms with Crippen molar-refractivity contribution in [2.24, 2.45) is 0 Å². The van der Waals surface area contributed by atoms with Crippen molar-refractivity contribution in [2.75, 3.05) is 47.5 Å². The lowest BCUT2D eigenvalue weighted by Gasteiger charge is -2.28. The van der Waals surface area contributed by atoms with Crippen molar-refractivity contribution in [1.29, 1.82) is 0 Å². The molecule has 312 valence electrons. The van der Waals surface area contributed by atoms with Crippen LogP contribution in [0.1, 0.15) is 187 Å². The van der Waals surface area contributed by atoms with Gasteiger partial charge < -0.3 is 27.9 Å². The first-order chi connectivity index (χ1) is 25.5. The van der Waals surface area contributed by atoms with E-state index in [0.717, 1.165) is 32.1 Å². The summed E-state index contributed by atoms with van der Waals surface area (Å²) in [6.07, 6.45) is 37.9. The van der Waals surface area contributed by atoms with Crippen molar-refractivity contribution in [2.45, 2.75) is 193 Å². The molecule has 10 heteroatoms. The molecule has 9 nitrogen and oxygen atoms in total. The van der Waals surface area contributed by atoms with Crippen molar-refractivity contribution < 1.29 is 42.1 Å². The number of rotatable bonds is 39. The zero-order chi connectivity index (χ0) is 39.3. The third-order valence-corrected chi connectivity index (χ3v) is 10.2. The topological polar surface area (TPSA) is 111 Å². The third-order valence-electron chi connectivity index (χ3n) is 9.24. The summed E-state index contributed by atoms with van der Waals surface area (Å²) in [5, 5.41) is 0. The van der Waals surface area contributed by atoms with Crippen molar-refractivity contribution >= 4 is 19.8 Å². The van der Waals surface area contributed by atoms with Crippen LogP contribution in [-0.2, 0) is 32.7 Å². The third kappa shape index (κ3) is 40.0. The highest BCUT2D eigenvalue weighted by Crippen LogP contribution is 2.38. The lowest BCUT2D eigenvalue weighted by Crippen LogP contribution is -2.37. The molecule has 0 aliphatic heterocycles. The van der Waals surface area contributed by atoms with Crippen LogP contribution in [0, 0.1) is 0 Å². The van der Waals surface area contributed by atoms with Gasteiger partial charge in [-0.15, -0.1) is 0 Å². The Morgan fingerprint density at radius 2 is 1.06 bits per heavy atom. The molecule has 0 fully saturated rings. The number of hydrogen-bond donors (Lipinski definition) is 0. The zero-order valence-electron chi connectivity index (χ0n) is 35.0. The van der Waals surface area contributed by atoms with E-state index < -0.39 is 32.5 Å². The Hall–Kier alpha value is -1.51. The average molecular weight is 772 g/mol. The van der Waals surface area contributed by atoms with E-state index >= 15 is 0 Å². The Morgan fingerprint density at radius 3 is 1.57 bits per heavy atom. The monoisotopic (exact) mass is 772 g/mol. The summed E-state index contributed by atoms with van der Waals surface area (Å²) in [6.45, 7) is 4.17. The van der Waals surface area contributed by atoms with Crippen molar-refractivity contribution in [3.63, 3.8) is 0 Å². The first-order valence-electron chi connectivity index (χ1n) is 21.5. The van der Waals surface area contributed by atoms with E-state index in [9.17, 15) is 19.0 Å². The first-order valence-corrected chi connectivity index (χ1v) is 23.0.